The Morgan fingerprint density at radius 1 is 0.868 bits per heavy atom. The Morgan fingerprint density at radius 3 is 2.32 bits per heavy atom. The van der Waals surface area contributed by atoms with Crippen LogP contribution in [0.15, 0.2) is 73.2 Å². The third-order valence-corrected chi connectivity index (χ3v) is 5.31. The summed E-state index contributed by atoms with van der Waals surface area (Å²) in [6, 6.07) is 11.6. The van der Waals surface area contributed by atoms with Gasteiger partial charge in [0.1, 0.15) is 11.6 Å². The van der Waals surface area contributed by atoms with Gasteiger partial charge in [-0.2, -0.15) is 13.2 Å². The molecule has 2 aromatic heterocycles. The maximum atomic E-state index is 13.9. The lowest BCUT2D eigenvalue weighted by Gasteiger charge is -2.16. The molecule has 3 N–H and O–H groups in total. The van der Waals surface area contributed by atoms with Gasteiger partial charge in [0.05, 0.1) is 23.4 Å². The number of hydrogen-bond acceptors (Lipinski definition) is 6. The van der Waals surface area contributed by atoms with E-state index < -0.39 is 34.9 Å². The monoisotopic (exact) mass is 524 g/mol. The summed E-state index contributed by atoms with van der Waals surface area (Å²) in [6.45, 7) is 1.85. The standard InChI is InChI=1S/C26H20F4N6O2/c1-15-5-2-3-6-20(15)35-23-21(36-25(38)16-9-18(26(28,29)30)12-19(27)10-16)11-17(13-33-23)24(37)34-14-22-31-7-4-8-32-22/h2-13H,14H2,1H3,(H,33,35)(H,34,37)(H,36,38). The van der Waals surface area contributed by atoms with E-state index in [4.69, 9.17) is 0 Å². The minimum Gasteiger partial charge on any atom is -0.345 e. The number of para-hydroxylation sites is 1. The van der Waals surface area contributed by atoms with E-state index in [1.54, 1.807) is 18.2 Å². The van der Waals surface area contributed by atoms with Crippen molar-refractivity contribution in [2.24, 2.45) is 0 Å². The van der Waals surface area contributed by atoms with Crippen molar-refractivity contribution in [1.29, 1.82) is 0 Å². The van der Waals surface area contributed by atoms with Gasteiger partial charge in [-0.1, -0.05) is 18.2 Å². The predicted molar refractivity (Wildman–Crippen MR) is 131 cm³/mol. The molecular weight excluding hydrogens is 504 g/mol. The van der Waals surface area contributed by atoms with E-state index in [0.717, 1.165) is 5.56 Å². The zero-order chi connectivity index (χ0) is 27.3. The smallest absolute Gasteiger partial charge is 0.345 e. The third kappa shape index (κ3) is 6.46. The largest absolute Gasteiger partial charge is 0.416 e. The van der Waals surface area contributed by atoms with Crippen molar-refractivity contribution >= 4 is 29.0 Å². The van der Waals surface area contributed by atoms with E-state index >= 15 is 0 Å². The average molecular weight is 524 g/mol. The van der Waals surface area contributed by atoms with E-state index in [1.807, 2.05) is 19.1 Å². The van der Waals surface area contributed by atoms with Crippen molar-refractivity contribution in [2.75, 3.05) is 10.6 Å². The van der Waals surface area contributed by atoms with Crippen LogP contribution in [0.5, 0.6) is 0 Å². The normalized spacial score (nSPS) is 11.1. The molecule has 0 saturated carbocycles. The molecule has 38 heavy (non-hydrogen) atoms. The SMILES string of the molecule is Cc1ccccc1Nc1ncc(C(=O)NCc2ncccn2)cc1NC(=O)c1cc(F)cc(C(F)(F)F)c1. The number of nitrogens with zero attached hydrogens (tertiary/aromatic N) is 3. The van der Waals surface area contributed by atoms with Crippen LogP contribution < -0.4 is 16.0 Å². The Bertz CT molecular complexity index is 1480. The fourth-order valence-corrected chi connectivity index (χ4v) is 3.39. The first-order valence-corrected chi connectivity index (χ1v) is 11.2. The van der Waals surface area contributed by atoms with Gasteiger partial charge in [-0.25, -0.2) is 19.3 Å². The number of halogens is 4. The van der Waals surface area contributed by atoms with Crippen LogP contribution in [0.4, 0.5) is 34.8 Å². The van der Waals surface area contributed by atoms with Crippen LogP contribution in [0.1, 0.15) is 37.7 Å². The second-order valence-electron chi connectivity index (χ2n) is 8.09. The molecule has 2 amide bonds. The summed E-state index contributed by atoms with van der Waals surface area (Å²) in [5.74, 6) is -2.33. The molecule has 4 rings (SSSR count). The van der Waals surface area contributed by atoms with Gasteiger partial charge in [0.2, 0.25) is 0 Å². The van der Waals surface area contributed by atoms with Gasteiger partial charge in [0, 0.05) is 29.8 Å². The van der Waals surface area contributed by atoms with Crippen molar-refractivity contribution < 1.29 is 27.2 Å². The maximum Gasteiger partial charge on any atom is 0.416 e. The molecule has 2 aromatic carbocycles. The number of carbonyl (C=O) groups is 2. The summed E-state index contributed by atoms with van der Waals surface area (Å²) in [6.07, 6.45) is -0.545. The highest BCUT2D eigenvalue weighted by Gasteiger charge is 2.32. The minimum absolute atomic E-state index is 0.0142. The Morgan fingerprint density at radius 2 is 1.61 bits per heavy atom. The zero-order valence-electron chi connectivity index (χ0n) is 19.8. The molecule has 0 atom stereocenters. The number of amides is 2. The number of pyridine rings is 1. The highest BCUT2D eigenvalue weighted by Crippen LogP contribution is 2.31. The Labute approximate surface area is 214 Å². The van der Waals surface area contributed by atoms with E-state index in [0.29, 0.717) is 29.7 Å². The molecule has 194 valence electrons. The summed E-state index contributed by atoms with van der Waals surface area (Å²) in [7, 11) is 0. The Balaban J connectivity index is 1.64. The van der Waals surface area contributed by atoms with Crippen LogP contribution in [-0.2, 0) is 12.7 Å². The van der Waals surface area contributed by atoms with Crippen molar-refractivity contribution in [2.45, 2.75) is 19.6 Å². The first-order chi connectivity index (χ1) is 18.1. The van der Waals surface area contributed by atoms with Crippen molar-refractivity contribution in [3.05, 3.63) is 107 Å². The highest BCUT2D eigenvalue weighted by atomic mass is 19.4. The molecule has 8 nitrogen and oxygen atoms in total. The molecular formula is C26H20F4N6O2. The number of aryl methyl sites for hydroxylation is 1. The molecule has 0 spiro atoms. The number of benzene rings is 2. The molecule has 4 aromatic rings. The lowest BCUT2D eigenvalue weighted by Crippen LogP contribution is -2.24. The lowest BCUT2D eigenvalue weighted by molar-refractivity contribution is -0.137. The molecule has 0 aliphatic heterocycles. The molecule has 0 bridgehead atoms. The molecule has 0 radical (unpaired) electrons. The molecule has 2 heterocycles. The number of carbonyl (C=O) groups excluding carboxylic acids is 2. The quantitative estimate of drug-likeness (QED) is 0.285. The fourth-order valence-electron chi connectivity index (χ4n) is 3.39. The molecule has 0 aliphatic rings. The van der Waals surface area contributed by atoms with Crippen LogP contribution in [-0.4, -0.2) is 26.8 Å². The number of anilines is 3. The number of nitrogens with one attached hydrogen (secondary N) is 3. The van der Waals surface area contributed by atoms with E-state index in [-0.39, 0.29) is 23.6 Å². The average Bonchev–Trinajstić information content (AvgIpc) is 2.89. The highest BCUT2D eigenvalue weighted by molar-refractivity contribution is 6.07. The molecule has 0 saturated heterocycles. The van der Waals surface area contributed by atoms with Crippen molar-refractivity contribution in [3.63, 3.8) is 0 Å². The van der Waals surface area contributed by atoms with Crippen LogP contribution in [0.2, 0.25) is 0 Å². The Kier molecular flexibility index (Phi) is 7.61. The first kappa shape index (κ1) is 26.2. The van der Waals surface area contributed by atoms with Crippen LogP contribution in [0.25, 0.3) is 0 Å². The lowest BCUT2D eigenvalue weighted by atomic mass is 10.1. The third-order valence-electron chi connectivity index (χ3n) is 5.31. The van der Waals surface area contributed by atoms with Gasteiger partial charge >= 0.3 is 6.18 Å². The minimum atomic E-state index is -4.85. The second-order valence-corrected chi connectivity index (χ2v) is 8.09. The van der Waals surface area contributed by atoms with Crippen molar-refractivity contribution in [1.82, 2.24) is 20.3 Å². The summed E-state index contributed by atoms with van der Waals surface area (Å²) >= 11 is 0. The van der Waals surface area contributed by atoms with E-state index in [2.05, 4.69) is 30.9 Å². The first-order valence-electron chi connectivity index (χ1n) is 11.2. The summed E-state index contributed by atoms with van der Waals surface area (Å²) in [5, 5.41) is 8.10. The molecule has 0 aliphatic carbocycles. The van der Waals surface area contributed by atoms with Gasteiger partial charge in [-0.15, -0.1) is 0 Å². The summed E-state index contributed by atoms with van der Waals surface area (Å²) < 4.78 is 53.3. The number of aromatic nitrogens is 3. The second kappa shape index (κ2) is 11.0. The summed E-state index contributed by atoms with van der Waals surface area (Å²) in [4.78, 5) is 37.9. The maximum absolute atomic E-state index is 13.9. The molecule has 0 unspecified atom stereocenters. The van der Waals surface area contributed by atoms with Gasteiger partial charge in [-0.05, 0) is 48.9 Å². The van der Waals surface area contributed by atoms with Gasteiger partial charge < -0.3 is 16.0 Å². The van der Waals surface area contributed by atoms with Gasteiger partial charge in [0.25, 0.3) is 11.8 Å². The fraction of sp³-hybridized carbons (Fsp3) is 0.115. The van der Waals surface area contributed by atoms with Crippen LogP contribution in [0.3, 0.4) is 0 Å². The number of hydrogen-bond donors (Lipinski definition) is 3. The topological polar surface area (TPSA) is 109 Å². The summed E-state index contributed by atoms with van der Waals surface area (Å²) in [5.41, 5.74) is -0.359. The predicted octanol–water partition coefficient (Wildman–Crippen LogP) is 5.26. The molecule has 0 fully saturated rings. The van der Waals surface area contributed by atoms with Gasteiger partial charge in [0.15, 0.2) is 5.82 Å². The van der Waals surface area contributed by atoms with Crippen molar-refractivity contribution in [3.8, 4) is 0 Å². The zero-order valence-corrected chi connectivity index (χ0v) is 19.8. The van der Waals surface area contributed by atoms with E-state index in [1.165, 1.54) is 24.7 Å². The number of rotatable bonds is 7. The van der Waals surface area contributed by atoms with Crippen LogP contribution in [0, 0.1) is 12.7 Å². The van der Waals surface area contributed by atoms with Crippen LogP contribution >= 0.6 is 0 Å². The Hall–Kier alpha value is -4.87. The van der Waals surface area contributed by atoms with Gasteiger partial charge in [-0.3, -0.25) is 9.59 Å². The number of alkyl halides is 3. The van der Waals surface area contributed by atoms with E-state index in [9.17, 15) is 27.2 Å². The molecule has 12 heteroatoms.